The summed E-state index contributed by atoms with van der Waals surface area (Å²) in [6.45, 7) is 4.65. The van der Waals surface area contributed by atoms with E-state index in [1.807, 2.05) is 6.92 Å². The van der Waals surface area contributed by atoms with Gasteiger partial charge in [0.15, 0.2) is 0 Å². The lowest BCUT2D eigenvalue weighted by Gasteiger charge is -2.09. The minimum absolute atomic E-state index is 0.0589. The van der Waals surface area contributed by atoms with Crippen molar-refractivity contribution in [3.05, 3.63) is 64.2 Å². The molecule has 26 heavy (non-hydrogen) atoms. The topological polar surface area (TPSA) is 58.2 Å². The molecule has 2 N–H and O–H groups in total. The SMILES string of the molecule is CCCNC(=O)c1ccc(NC(=O)CCCc2ccc(C)cc2)cc1Cl. The summed E-state index contributed by atoms with van der Waals surface area (Å²) in [6.07, 6.45) is 2.94. The highest BCUT2D eigenvalue weighted by Gasteiger charge is 2.11. The van der Waals surface area contributed by atoms with Crippen LogP contribution < -0.4 is 10.6 Å². The number of aryl methyl sites for hydroxylation is 2. The van der Waals surface area contributed by atoms with E-state index < -0.39 is 0 Å². The van der Waals surface area contributed by atoms with Crippen LogP contribution in [0.2, 0.25) is 5.02 Å². The Balaban J connectivity index is 1.83. The summed E-state index contributed by atoms with van der Waals surface area (Å²) in [5, 5.41) is 5.95. The monoisotopic (exact) mass is 372 g/mol. The first-order chi connectivity index (χ1) is 12.5. The van der Waals surface area contributed by atoms with Gasteiger partial charge in [0.1, 0.15) is 0 Å². The van der Waals surface area contributed by atoms with E-state index in [4.69, 9.17) is 11.6 Å². The van der Waals surface area contributed by atoms with E-state index in [0.29, 0.717) is 29.2 Å². The number of anilines is 1. The molecule has 0 aliphatic heterocycles. The van der Waals surface area contributed by atoms with Gasteiger partial charge in [-0.25, -0.2) is 0 Å². The van der Waals surface area contributed by atoms with Crippen molar-refractivity contribution >= 4 is 29.1 Å². The van der Waals surface area contributed by atoms with Crippen LogP contribution in [0, 0.1) is 6.92 Å². The highest BCUT2D eigenvalue weighted by molar-refractivity contribution is 6.34. The van der Waals surface area contributed by atoms with Gasteiger partial charge in [0.05, 0.1) is 10.6 Å². The fraction of sp³-hybridized carbons (Fsp3) is 0.333. The van der Waals surface area contributed by atoms with Crippen molar-refractivity contribution in [2.24, 2.45) is 0 Å². The molecule has 0 spiro atoms. The molecule has 0 aliphatic rings. The van der Waals surface area contributed by atoms with Crippen LogP contribution in [0.5, 0.6) is 0 Å². The van der Waals surface area contributed by atoms with Gasteiger partial charge in [-0.3, -0.25) is 9.59 Å². The van der Waals surface area contributed by atoms with E-state index in [1.165, 1.54) is 11.1 Å². The van der Waals surface area contributed by atoms with Crippen LogP contribution in [0.4, 0.5) is 5.69 Å². The molecular weight excluding hydrogens is 348 g/mol. The molecule has 0 atom stereocenters. The minimum atomic E-state index is -0.201. The molecule has 0 saturated heterocycles. The second kappa shape index (κ2) is 9.97. The second-order valence-electron chi connectivity index (χ2n) is 6.34. The first-order valence-corrected chi connectivity index (χ1v) is 9.30. The maximum Gasteiger partial charge on any atom is 0.252 e. The Kier molecular flexibility index (Phi) is 7.67. The predicted octanol–water partition coefficient (Wildman–Crippen LogP) is 4.75. The van der Waals surface area contributed by atoms with E-state index in [-0.39, 0.29) is 11.8 Å². The highest BCUT2D eigenvalue weighted by atomic mass is 35.5. The number of nitrogens with one attached hydrogen (secondary N) is 2. The average molecular weight is 373 g/mol. The van der Waals surface area contributed by atoms with Crippen molar-refractivity contribution in [1.82, 2.24) is 5.32 Å². The molecular formula is C21H25ClN2O2. The number of rotatable bonds is 8. The molecule has 0 unspecified atom stereocenters. The van der Waals surface area contributed by atoms with E-state index in [1.54, 1.807) is 18.2 Å². The Hall–Kier alpha value is -2.33. The number of carbonyl (C=O) groups is 2. The molecule has 4 nitrogen and oxygen atoms in total. The highest BCUT2D eigenvalue weighted by Crippen LogP contribution is 2.21. The van der Waals surface area contributed by atoms with E-state index >= 15 is 0 Å². The molecule has 2 aromatic carbocycles. The lowest BCUT2D eigenvalue weighted by Crippen LogP contribution is -2.24. The van der Waals surface area contributed by atoms with Crippen LogP contribution in [0.25, 0.3) is 0 Å². The van der Waals surface area contributed by atoms with Gasteiger partial charge in [0, 0.05) is 18.7 Å². The molecule has 5 heteroatoms. The molecule has 0 fully saturated rings. The van der Waals surface area contributed by atoms with Crippen LogP contribution in [-0.4, -0.2) is 18.4 Å². The van der Waals surface area contributed by atoms with Gasteiger partial charge in [-0.05, 0) is 49.9 Å². The predicted molar refractivity (Wildman–Crippen MR) is 107 cm³/mol. The largest absolute Gasteiger partial charge is 0.352 e. The molecule has 0 aliphatic carbocycles. The van der Waals surface area contributed by atoms with Gasteiger partial charge in [-0.2, -0.15) is 0 Å². The zero-order valence-corrected chi connectivity index (χ0v) is 16.0. The number of halogens is 1. The number of hydrogen-bond acceptors (Lipinski definition) is 2. The van der Waals surface area contributed by atoms with E-state index in [9.17, 15) is 9.59 Å². The summed E-state index contributed by atoms with van der Waals surface area (Å²) in [4.78, 5) is 24.1. The van der Waals surface area contributed by atoms with Gasteiger partial charge in [-0.1, -0.05) is 48.4 Å². The number of benzene rings is 2. The van der Waals surface area contributed by atoms with Crippen LogP contribution in [0.1, 0.15) is 47.7 Å². The molecule has 0 bridgehead atoms. The lowest BCUT2D eigenvalue weighted by molar-refractivity contribution is -0.116. The van der Waals surface area contributed by atoms with E-state index in [0.717, 1.165) is 19.3 Å². The fourth-order valence-electron chi connectivity index (χ4n) is 2.54. The Morgan fingerprint density at radius 1 is 1.08 bits per heavy atom. The molecule has 0 heterocycles. The summed E-state index contributed by atoms with van der Waals surface area (Å²) in [5.74, 6) is -0.260. The van der Waals surface area contributed by atoms with Crippen molar-refractivity contribution in [2.45, 2.75) is 39.5 Å². The van der Waals surface area contributed by atoms with Gasteiger partial charge in [0.25, 0.3) is 5.91 Å². The maximum absolute atomic E-state index is 12.1. The second-order valence-corrected chi connectivity index (χ2v) is 6.75. The third kappa shape index (κ3) is 6.19. The standard InChI is InChI=1S/C21H25ClN2O2/c1-3-13-23-21(26)18-12-11-17(14-19(18)22)24-20(25)6-4-5-16-9-7-15(2)8-10-16/h7-12,14H,3-6,13H2,1-2H3,(H,23,26)(H,24,25). The minimum Gasteiger partial charge on any atom is -0.352 e. The quantitative estimate of drug-likeness (QED) is 0.702. The molecule has 0 saturated carbocycles. The van der Waals surface area contributed by atoms with Gasteiger partial charge >= 0.3 is 0 Å². The van der Waals surface area contributed by atoms with Crippen molar-refractivity contribution in [3.8, 4) is 0 Å². The zero-order valence-electron chi connectivity index (χ0n) is 15.3. The van der Waals surface area contributed by atoms with Crippen LogP contribution >= 0.6 is 11.6 Å². The molecule has 2 rings (SSSR count). The Labute approximate surface area is 159 Å². The van der Waals surface area contributed by atoms with Crippen molar-refractivity contribution in [2.75, 3.05) is 11.9 Å². The summed E-state index contributed by atoms with van der Waals surface area (Å²) in [6, 6.07) is 13.3. The summed E-state index contributed by atoms with van der Waals surface area (Å²) in [7, 11) is 0. The smallest absolute Gasteiger partial charge is 0.252 e. The summed E-state index contributed by atoms with van der Waals surface area (Å²) in [5.41, 5.74) is 3.48. The third-order valence-corrected chi connectivity index (χ3v) is 4.34. The Morgan fingerprint density at radius 2 is 1.81 bits per heavy atom. The first kappa shape index (κ1) is 20.0. The first-order valence-electron chi connectivity index (χ1n) is 8.92. The summed E-state index contributed by atoms with van der Waals surface area (Å²) < 4.78 is 0. The molecule has 0 radical (unpaired) electrons. The molecule has 2 amide bonds. The number of carbonyl (C=O) groups excluding carboxylic acids is 2. The molecule has 2 aromatic rings. The zero-order chi connectivity index (χ0) is 18.9. The van der Waals surface area contributed by atoms with Crippen molar-refractivity contribution in [1.29, 1.82) is 0 Å². The number of hydrogen-bond donors (Lipinski definition) is 2. The van der Waals surface area contributed by atoms with Gasteiger partial charge < -0.3 is 10.6 Å². The summed E-state index contributed by atoms with van der Waals surface area (Å²) >= 11 is 6.17. The molecule has 138 valence electrons. The maximum atomic E-state index is 12.1. The van der Waals surface area contributed by atoms with Crippen LogP contribution in [0.15, 0.2) is 42.5 Å². The number of amides is 2. The van der Waals surface area contributed by atoms with E-state index in [2.05, 4.69) is 41.8 Å². The van der Waals surface area contributed by atoms with Crippen LogP contribution in [0.3, 0.4) is 0 Å². The van der Waals surface area contributed by atoms with Gasteiger partial charge in [-0.15, -0.1) is 0 Å². The fourth-order valence-corrected chi connectivity index (χ4v) is 2.81. The third-order valence-electron chi connectivity index (χ3n) is 4.02. The van der Waals surface area contributed by atoms with Gasteiger partial charge in [0.2, 0.25) is 5.91 Å². The average Bonchev–Trinajstić information content (AvgIpc) is 2.61. The molecule has 0 aromatic heterocycles. The lowest BCUT2D eigenvalue weighted by atomic mass is 10.1. The normalized spacial score (nSPS) is 10.4. The Morgan fingerprint density at radius 3 is 2.46 bits per heavy atom. The Bertz CT molecular complexity index is 757. The van der Waals surface area contributed by atoms with Crippen molar-refractivity contribution < 1.29 is 9.59 Å². The van der Waals surface area contributed by atoms with Crippen molar-refractivity contribution in [3.63, 3.8) is 0 Å². The van der Waals surface area contributed by atoms with Crippen LogP contribution in [-0.2, 0) is 11.2 Å².